The highest BCUT2D eigenvalue weighted by Gasteiger charge is 2.31. The van der Waals surface area contributed by atoms with Crippen molar-refractivity contribution in [3.63, 3.8) is 0 Å². The van der Waals surface area contributed by atoms with Crippen LogP contribution in [0.1, 0.15) is 111 Å². The molecule has 0 aromatic rings. The van der Waals surface area contributed by atoms with Gasteiger partial charge in [-0.05, 0) is 50.5 Å². The van der Waals surface area contributed by atoms with Crippen LogP contribution in [0.25, 0.3) is 0 Å². The summed E-state index contributed by atoms with van der Waals surface area (Å²) in [6.07, 6.45) is 16.3. The maximum Gasteiger partial charge on any atom is 0.158 e. The van der Waals surface area contributed by atoms with Gasteiger partial charge in [0.05, 0.1) is 0 Å². The molecule has 1 rings (SSSR count). The predicted octanol–water partition coefficient (Wildman–Crippen LogP) is 7.02. The Balaban J connectivity index is 2.00. The molecule has 0 spiro atoms. The monoisotopic (exact) mass is 350 g/mol. The Labute approximate surface area is 156 Å². The summed E-state index contributed by atoms with van der Waals surface area (Å²) in [5, 5.41) is 0. The molecule has 0 atom stereocenters. The van der Waals surface area contributed by atoms with Crippen molar-refractivity contribution < 1.29 is 9.53 Å². The Kier molecular flexibility index (Phi) is 11.4. The number of unbranched alkanes of at least 4 members (excludes halogenated alkanes) is 9. The van der Waals surface area contributed by atoms with Crippen molar-refractivity contribution in [3.05, 3.63) is 11.1 Å². The third-order valence-corrected chi connectivity index (χ3v) is 5.83. The normalized spacial score (nSPS) is 17.4. The van der Waals surface area contributed by atoms with E-state index in [0.29, 0.717) is 5.78 Å². The van der Waals surface area contributed by atoms with Crippen LogP contribution in [0.3, 0.4) is 0 Å². The molecule has 1 aliphatic carbocycles. The minimum Gasteiger partial charge on any atom is -0.382 e. The number of allylic oxidation sites excluding steroid dienone is 2. The van der Waals surface area contributed by atoms with E-state index in [1.807, 2.05) is 6.92 Å². The number of ether oxygens (including phenoxy) is 1. The minimum atomic E-state index is 0.236. The Bertz CT molecular complexity index is 406. The van der Waals surface area contributed by atoms with E-state index in [1.165, 1.54) is 69.8 Å². The largest absolute Gasteiger partial charge is 0.382 e. The van der Waals surface area contributed by atoms with Crippen LogP contribution in [-0.2, 0) is 9.53 Å². The number of hydrogen-bond acceptors (Lipinski definition) is 2. The van der Waals surface area contributed by atoms with Gasteiger partial charge in [-0.3, -0.25) is 4.79 Å². The summed E-state index contributed by atoms with van der Waals surface area (Å²) in [7, 11) is 0. The first kappa shape index (κ1) is 22.4. The summed E-state index contributed by atoms with van der Waals surface area (Å²) in [4.78, 5) is 12.0. The molecule has 0 saturated heterocycles. The average molecular weight is 351 g/mol. The lowest BCUT2D eigenvalue weighted by Gasteiger charge is -2.34. The van der Waals surface area contributed by atoms with Crippen molar-refractivity contribution in [2.45, 2.75) is 111 Å². The molecule has 25 heavy (non-hydrogen) atoms. The molecular formula is C23H42O2. The molecule has 2 heteroatoms. The summed E-state index contributed by atoms with van der Waals surface area (Å²) in [6, 6.07) is 0. The van der Waals surface area contributed by atoms with Crippen LogP contribution in [0.5, 0.6) is 0 Å². The summed E-state index contributed by atoms with van der Waals surface area (Å²) in [5.74, 6) is 0.385. The zero-order valence-corrected chi connectivity index (χ0v) is 17.4. The number of hydrogen-bond donors (Lipinski definition) is 0. The Morgan fingerprint density at radius 2 is 1.40 bits per heavy atom. The second kappa shape index (κ2) is 12.7. The Hall–Kier alpha value is -0.630. The lowest BCUT2D eigenvalue weighted by atomic mass is 9.70. The maximum absolute atomic E-state index is 12.0. The molecule has 0 bridgehead atoms. The topological polar surface area (TPSA) is 26.3 Å². The molecule has 0 fully saturated rings. The van der Waals surface area contributed by atoms with Crippen molar-refractivity contribution in [2.75, 3.05) is 13.2 Å². The first-order valence-electron chi connectivity index (χ1n) is 10.8. The van der Waals surface area contributed by atoms with Crippen LogP contribution >= 0.6 is 0 Å². The quantitative estimate of drug-likeness (QED) is 0.315. The standard InChI is InChI=1S/C23H42O2/c1-5-25-19-15-13-11-9-7-6-8-10-12-14-16-21-20(2)22(24)17-18-23(21,3)4/h5-19H2,1-4H3. The first-order chi connectivity index (χ1) is 12.0. The zero-order valence-electron chi connectivity index (χ0n) is 17.4. The van der Waals surface area contributed by atoms with E-state index < -0.39 is 0 Å². The highest BCUT2D eigenvalue weighted by molar-refractivity contribution is 5.96. The molecule has 0 unspecified atom stereocenters. The molecule has 2 nitrogen and oxygen atoms in total. The van der Waals surface area contributed by atoms with Crippen molar-refractivity contribution in [1.82, 2.24) is 0 Å². The van der Waals surface area contributed by atoms with Crippen LogP contribution in [0.4, 0.5) is 0 Å². The van der Waals surface area contributed by atoms with Crippen LogP contribution < -0.4 is 0 Å². The van der Waals surface area contributed by atoms with Crippen LogP contribution in [0, 0.1) is 5.41 Å². The van der Waals surface area contributed by atoms with Crippen molar-refractivity contribution in [1.29, 1.82) is 0 Å². The fraction of sp³-hybridized carbons (Fsp3) is 0.870. The first-order valence-corrected chi connectivity index (χ1v) is 10.8. The van der Waals surface area contributed by atoms with Gasteiger partial charge in [0.15, 0.2) is 5.78 Å². The molecule has 0 heterocycles. The lowest BCUT2D eigenvalue weighted by molar-refractivity contribution is -0.116. The van der Waals surface area contributed by atoms with Gasteiger partial charge in [0.2, 0.25) is 0 Å². The smallest absolute Gasteiger partial charge is 0.158 e. The zero-order chi connectivity index (χ0) is 18.5. The van der Waals surface area contributed by atoms with E-state index in [1.54, 1.807) is 0 Å². The average Bonchev–Trinajstić information content (AvgIpc) is 2.58. The Morgan fingerprint density at radius 3 is 1.96 bits per heavy atom. The summed E-state index contributed by atoms with van der Waals surface area (Å²) < 4.78 is 5.36. The number of ketones is 1. The van der Waals surface area contributed by atoms with Gasteiger partial charge in [0, 0.05) is 19.6 Å². The molecule has 146 valence electrons. The molecule has 0 aliphatic heterocycles. The van der Waals surface area contributed by atoms with E-state index in [9.17, 15) is 4.79 Å². The van der Waals surface area contributed by atoms with Crippen LogP contribution in [0.15, 0.2) is 11.1 Å². The maximum atomic E-state index is 12.0. The van der Waals surface area contributed by atoms with Crippen molar-refractivity contribution >= 4 is 5.78 Å². The molecule has 0 amide bonds. The fourth-order valence-electron chi connectivity index (χ4n) is 4.03. The van der Waals surface area contributed by atoms with E-state index in [2.05, 4.69) is 20.8 Å². The number of carbonyl (C=O) groups excluding carboxylic acids is 1. The highest BCUT2D eigenvalue weighted by atomic mass is 16.5. The summed E-state index contributed by atoms with van der Waals surface area (Å²) in [5.41, 5.74) is 2.75. The van der Waals surface area contributed by atoms with Gasteiger partial charge in [0.25, 0.3) is 0 Å². The fourth-order valence-corrected chi connectivity index (χ4v) is 4.03. The summed E-state index contributed by atoms with van der Waals surface area (Å²) in [6.45, 7) is 10.5. The molecular weight excluding hydrogens is 308 g/mol. The third kappa shape index (κ3) is 9.03. The second-order valence-electron chi connectivity index (χ2n) is 8.39. The molecule has 0 aromatic carbocycles. The van der Waals surface area contributed by atoms with E-state index >= 15 is 0 Å². The van der Waals surface area contributed by atoms with Gasteiger partial charge in [-0.1, -0.05) is 70.8 Å². The van der Waals surface area contributed by atoms with E-state index in [0.717, 1.165) is 38.0 Å². The lowest BCUT2D eigenvalue weighted by Crippen LogP contribution is -2.25. The second-order valence-corrected chi connectivity index (χ2v) is 8.39. The van der Waals surface area contributed by atoms with Gasteiger partial charge in [-0.15, -0.1) is 0 Å². The van der Waals surface area contributed by atoms with Crippen LogP contribution in [0.2, 0.25) is 0 Å². The van der Waals surface area contributed by atoms with Crippen molar-refractivity contribution in [2.24, 2.45) is 5.41 Å². The number of Topliss-reactive ketones (excluding diaryl/α,β-unsaturated/α-hetero) is 1. The van der Waals surface area contributed by atoms with E-state index in [-0.39, 0.29) is 5.41 Å². The van der Waals surface area contributed by atoms with Gasteiger partial charge in [-0.25, -0.2) is 0 Å². The van der Waals surface area contributed by atoms with Crippen molar-refractivity contribution in [3.8, 4) is 0 Å². The molecule has 1 aliphatic rings. The molecule has 0 saturated carbocycles. The highest BCUT2D eigenvalue weighted by Crippen LogP contribution is 2.41. The molecule has 0 radical (unpaired) electrons. The number of rotatable bonds is 14. The predicted molar refractivity (Wildman–Crippen MR) is 108 cm³/mol. The molecule has 0 aromatic heterocycles. The molecule has 0 N–H and O–H groups in total. The Morgan fingerprint density at radius 1 is 0.880 bits per heavy atom. The van der Waals surface area contributed by atoms with Gasteiger partial charge in [0.1, 0.15) is 0 Å². The van der Waals surface area contributed by atoms with Gasteiger partial charge in [-0.2, -0.15) is 0 Å². The number of carbonyl (C=O) groups is 1. The van der Waals surface area contributed by atoms with Gasteiger partial charge >= 0.3 is 0 Å². The third-order valence-electron chi connectivity index (χ3n) is 5.83. The summed E-state index contributed by atoms with van der Waals surface area (Å²) >= 11 is 0. The van der Waals surface area contributed by atoms with Gasteiger partial charge < -0.3 is 4.74 Å². The minimum absolute atomic E-state index is 0.236. The SMILES string of the molecule is CCOCCCCCCCCCCCCC1=C(C)C(=O)CCC1(C)C. The van der Waals surface area contributed by atoms with Crippen LogP contribution in [-0.4, -0.2) is 19.0 Å². The van der Waals surface area contributed by atoms with E-state index in [4.69, 9.17) is 4.74 Å².